The number of nitrogens with two attached hydrogens (primary N) is 1. The third-order valence-electron chi connectivity index (χ3n) is 2.85. The maximum atomic E-state index is 5.95. The van der Waals surface area contributed by atoms with Crippen molar-refractivity contribution in [2.24, 2.45) is 5.73 Å². The van der Waals surface area contributed by atoms with Gasteiger partial charge in [0.2, 0.25) is 0 Å². The van der Waals surface area contributed by atoms with Crippen LogP contribution in [0.5, 0.6) is 11.5 Å². The van der Waals surface area contributed by atoms with E-state index in [2.05, 4.69) is 4.98 Å². The molecule has 1 aromatic carbocycles. The van der Waals surface area contributed by atoms with Crippen molar-refractivity contribution in [1.82, 2.24) is 4.98 Å². The normalized spacial score (nSPS) is 12.2. The third kappa shape index (κ3) is 3.71. The molecule has 0 fully saturated rings. The maximum Gasteiger partial charge on any atom is 0.164 e. The topological polar surface area (TPSA) is 57.4 Å². The number of ether oxygens (including phenoxy) is 2. The highest BCUT2D eigenvalue weighted by Crippen LogP contribution is 2.32. The summed E-state index contributed by atoms with van der Waals surface area (Å²) >= 11 is 1.64. The summed E-state index contributed by atoms with van der Waals surface area (Å²) in [4.78, 5) is 5.33. The molecular weight excluding hydrogens is 272 g/mol. The minimum Gasteiger partial charge on any atom is -0.493 e. The number of nitrogens with zero attached hydrogens (tertiary/aromatic N) is 1. The van der Waals surface area contributed by atoms with Crippen molar-refractivity contribution >= 4 is 11.3 Å². The lowest BCUT2D eigenvalue weighted by atomic mass is 10.1. The number of benzene rings is 1. The number of hydrogen-bond acceptors (Lipinski definition) is 5. The molecule has 2 aromatic rings. The van der Waals surface area contributed by atoms with Gasteiger partial charge in [-0.2, -0.15) is 0 Å². The lowest BCUT2D eigenvalue weighted by molar-refractivity contribution is 0.283. The van der Waals surface area contributed by atoms with E-state index in [0.717, 1.165) is 33.4 Å². The van der Waals surface area contributed by atoms with Crippen molar-refractivity contribution in [3.05, 3.63) is 39.8 Å². The van der Waals surface area contributed by atoms with Gasteiger partial charge in [-0.15, -0.1) is 11.3 Å². The number of aromatic nitrogens is 1. The number of para-hydroxylation sites is 1. The highest BCUT2D eigenvalue weighted by molar-refractivity contribution is 7.11. The minimum atomic E-state index is 0.0788. The Morgan fingerprint density at radius 2 is 2.20 bits per heavy atom. The number of hydrogen-bond donors (Lipinski definition) is 1. The highest BCUT2D eigenvalue weighted by Gasteiger charge is 2.12. The van der Waals surface area contributed by atoms with Gasteiger partial charge in [0.05, 0.1) is 17.0 Å². The molecule has 0 radical (unpaired) electrons. The second kappa shape index (κ2) is 6.72. The number of methoxy groups -OCH3 is 1. The monoisotopic (exact) mass is 292 g/mol. The van der Waals surface area contributed by atoms with Gasteiger partial charge in [0.1, 0.15) is 6.61 Å². The number of thiazole rings is 1. The molecular formula is C15H20N2O2S. The molecule has 0 saturated heterocycles. The van der Waals surface area contributed by atoms with Crippen LogP contribution in [-0.2, 0) is 13.0 Å². The van der Waals surface area contributed by atoms with Crippen molar-refractivity contribution in [3.8, 4) is 11.5 Å². The van der Waals surface area contributed by atoms with Crippen LogP contribution < -0.4 is 15.2 Å². The van der Waals surface area contributed by atoms with Gasteiger partial charge >= 0.3 is 0 Å². The van der Waals surface area contributed by atoms with Gasteiger partial charge in [0.25, 0.3) is 0 Å². The first kappa shape index (κ1) is 14.8. The zero-order valence-corrected chi connectivity index (χ0v) is 12.9. The van der Waals surface area contributed by atoms with Crippen molar-refractivity contribution in [2.75, 3.05) is 7.11 Å². The van der Waals surface area contributed by atoms with E-state index in [1.807, 2.05) is 38.2 Å². The van der Waals surface area contributed by atoms with Crippen molar-refractivity contribution in [2.45, 2.75) is 32.9 Å². The highest BCUT2D eigenvalue weighted by atomic mass is 32.1. The van der Waals surface area contributed by atoms with E-state index < -0.39 is 0 Å². The smallest absolute Gasteiger partial charge is 0.164 e. The van der Waals surface area contributed by atoms with E-state index in [1.165, 1.54) is 0 Å². The average molecular weight is 292 g/mol. The quantitative estimate of drug-likeness (QED) is 0.889. The summed E-state index contributed by atoms with van der Waals surface area (Å²) in [5, 5.41) is 1.04. The molecule has 20 heavy (non-hydrogen) atoms. The van der Waals surface area contributed by atoms with Crippen LogP contribution in [0.3, 0.4) is 0 Å². The Kier molecular flexibility index (Phi) is 4.98. The van der Waals surface area contributed by atoms with Gasteiger partial charge in [-0.3, -0.25) is 0 Å². The second-order valence-corrected chi connectivity index (χ2v) is 6.08. The fourth-order valence-electron chi connectivity index (χ4n) is 2.01. The summed E-state index contributed by atoms with van der Waals surface area (Å²) in [5.74, 6) is 1.52. The van der Waals surface area contributed by atoms with E-state index in [9.17, 15) is 0 Å². The number of rotatable bonds is 6. The van der Waals surface area contributed by atoms with Gasteiger partial charge in [-0.1, -0.05) is 12.1 Å². The standard InChI is InChI=1S/C15H20N2O2S/c1-10(16)7-12-5-4-6-14(18-3)15(12)19-9-13-8-17-11(2)20-13/h4-6,8,10H,7,9,16H2,1-3H3. The molecule has 4 nitrogen and oxygen atoms in total. The summed E-state index contributed by atoms with van der Waals surface area (Å²) < 4.78 is 11.3. The van der Waals surface area contributed by atoms with Crippen LogP contribution in [0.25, 0.3) is 0 Å². The molecule has 0 aliphatic rings. The molecule has 5 heteroatoms. The van der Waals surface area contributed by atoms with E-state index in [4.69, 9.17) is 15.2 Å². The van der Waals surface area contributed by atoms with Crippen LogP contribution in [0.4, 0.5) is 0 Å². The molecule has 1 aromatic heterocycles. The van der Waals surface area contributed by atoms with Crippen molar-refractivity contribution < 1.29 is 9.47 Å². The Balaban J connectivity index is 2.19. The second-order valence-electron chi connectivity index (χ2n) is 4.76. The van der Waals surface area contributed by atoms with Gasteiger partial charge in [-0.25, -0.2) is 4.98 Å². The van der Waals surface area contributed by atoms with Crippen LogP contribution in [0, 0.1) is 6.92 Å². The predicted octanol–water partition coefficient (Wildman–Crippen LogP) is 2.93. The molecule has 108 valence electrons. The Hall–Kier alpha value is -1.59. The van der Waals surface area contributed by atoms with Gasteiger partial charge in [0, 0.05) is 12.2 Å². The lowest BCUT2D eigenvalue weighted by Crippen LogP contribution is -2.18. The van der Waals surface area contributed by atoms with Gasteiger partial charge in [0.15, 0.2) is 11.5 Å². The Bertz CT molecular complexity index is 567. The first-order valence-corrected chi connectivity index (χ1v) is 7.37. The molecule has 1 atom stereocenters. The molecule has 2 N–H and O–H groups in total. The van der Waals surface area contributed by atoms with Crippen molar-refractivity contribution in [3.63, 3.8) is 0 Å². The van der Waals surface area contributed by atoms with Crippen LogP contribution in [0.1, 0.15) is 22.4 Å². The van der Waals surface area contributed by atoms with Gasteiger partial charge < -0.3 is 15.2 Å². The maximum absolute atomic E-state index is 5.95. The Morgan fingerprint density at radius 3 is 2.80 bits per heavy atom. The van der Waals surface area contributed by atoms with E-state index >= 15 is 0 Å². The fourth-order valence-corrected chi connectivity index (χ4v) is 2.72. The minimum absolute atomic E-state index is 0.0788. The van der Waals surface area contributed by atoms with E-state index in [1.54, 1.807) is 18.4 Å². The summed E-state index contributed by atoms with van der Waals surface area (Å²) in [6.45, 7) is 4.46. The van der Waals surface area contributed by atoms with Crippen LogP contribution in [0.15, 0.2) is 24.4 Å². The Morgan fingerprint density at radius 1 is 1.40 bits per heavy atom. The predicted molar refractivity (Wildman–Crippen MR) is 81.5 cm³/mol. The first-order chi connectivity index (χ1) is 9.60. The van der Waals surface area contributed by atoms with E-state index in [0.29, 0.717) is 6.61 Å². The molecule has 0 bridgehead atoms. The van der Waals surface area contributed by atoms with Crippen LogP contribution in [0.2, 0.25) is 0 Å². The summed E-state index contributed by atoms with van der Waals surface area (Å²) in [5.41, 5.74) is 6.96. The SMILES string of the molecule is COc1cccc(CC(C)N)c1OCc1cnc(C)s1. The number of aryl methyl sites for hydroxylation is 1. The molecule has 0 amide bonds. The first-order valence-electron chi connectivity index (χ1n) is 6.55. The molecule has 0 aliphatic carbocycles. The van der Waals surface area contributed by atoms with Crippen molar-refractivity contribution in [1.29, 1.82) is 0 Å². The van der Waals surface area contributed by atoms with Crippen LogP contribution >= 0.6 is 11.3 Å². The largest absolute Gasteiger partial charge is 0.493 e. The molecule has 0 saturated carbocycles. The zero-order chi connectivity index (χ0) is 14.5. The molecule has 0 aliphatic heterocycles. The van der Waals surface area contributed by atoms with Gasteiger partial charge in [-0.05, 0) is 31.9 Å². The Labute approximate surface area is 123 Å². The third-order valence-corrected chi connectivity index (χ3v) is 3.74. The molecule has 0 spiro atoms. The fraction of sp³-hybridized carbons (Fsp3) is 0.400. The zero-order valence-electron chi connectivity index (χ0n) is 12.1. The van der Waals surface area contributed by atoms with Crippen LogP contribution in [-0.4, -0.2) is 18.1 Å². The molecule has 1 heterocycles. The summed E-state index contributed by atoms with van der Waals surface area (Å²) in [6.07, 6.45) is 2.61. The average Bonchev–Trinajstić information content (AvgIpc) is 2.82. The summed E-state index contributed by atoms with van der Waals surface area (Å²) in [7, 11) is 1.65. The molecule has 2 rings (SSSR count). The van der Waals surface area contributed by atoms with E-state index in [-0.39, 0.29) is 6.04 Å². The molecule has 1 unspecified atom stereocenters. The summed E-state index contributed by atoms with van der Waals surface area (Å²) in [6, 6.07) is 5.97. The lowest BCUT2D eigenvalue weighted by Gasteiger charge is -2.15.